The van der Waals surface area contributed by atoms with Crippen LogP contribution in [-0.2, 0) is 9.59 Å². The smallest absolute Gasteiger partial charge is 0.300 e. The summed E-state index contributed by atoms with van der Waals surface area (Å²) in [4.78, 5) is 28.1. The molecule has 180 valence electrons. The number of carbonyl (C=O) groups excluding carboxylic acids is 2. The molecule has 3 aromatic rings. The van der Waals surface area contributed by atoms with Gasteiger partial charge in [-0.3, -0.25) is 14.5 Å². The number of Topliss-reactive ketones (excluding diaryl/α,β-unsaturated/α-hetero) is 1. The monoisotopic (exact) mass is 491 g/mol. The van der Waals surface area contributed by atoms with Gasteiger partial charge in [0.2, 0.25) is 0 Å². The van der Waals surface area contributed by atoms with E-state index in [0.29, 0.717) is 45.5 Å². The molecule has 1 atom stereocenters. The molecular formula is C28H26ClNO5. The molecule has 35 heavy (non-hydrogen) atoms. The number of aryl methyl sites for hydroxylation is 2. The van der Waals surface area contributed by atoms with Gasteiger partial charge in [0, 0.05) is 16.3 Å². The largest absolute Gasteiger partial charge is 0.507 e. The van der Waals surface area contributed by atoms with Crippen LogP contribution >= 0.6 is 11.6 Å². The Kier molecular flexibility index (Phi) is 6.85. The van der Waals surface area contributed by atoms with Crippen molar-refractivity contribution in [3.63, 3.8) is 0 Å². The van der Waals surface area contributed by atoms with E-state index >= 15 is 0 Å². The second-order valence-corrected chi connectivity index (χ2v) is 8.72. The van der Waals surface area contributed by atoms with Crippen molar-refractivity contribution < 1.29 is 24.2 Å². The molecule has 0 radical (unpaired) electrons. The van der Waals surface area contributed by atoms with E-state index < -0.39 is 17.7 Å². The number of amides is 1. The first-order chi connectivity index (χ1) is 16.8. The van der Waals surface area contributed by atoms with Crippen LogP contribution in [0.15, 0.2) is 66.2 Å². The Balaban J connectivity index is 1.97. The maximum atomic E-state index is 13.4. The third kappa shape index (κ3) is 4.49. The number of halogens is 1. The molecule has 1 heterocycles. The Morgan fingerprint density at radius 3 is 2.40 bits per heavy atom. The molecule has 0 spiro atoms. The minimum Gasteiger partial charge on any atom is -0.507 e. The Bertz CT molecular complexity index is 1330. The van der Waals surface area contributed by atoms with Crippen molar-refractivity contribution >= 4 is 34.7 Å². The fraction of sp³-hybridized carbons (Fsp3) is 0.214. The highest BCUT2D eigenvalue weighted by molar-refractivity contribution is 6.51. The fourth-order valence-corrected chi connectivity index (χ4v) is 4.49. The number of nitrogens with zero attached hydrogens (tertiary/aromatic N) is 1. The van der Waals surface area contributed by atoms with E-state index in [0.717, 1.165) is 5.56 Å². The van der Waals surface area contributed by atoms with Crippen LogP contribution in [0.4, 0.5) is 5.69 Å². The Morgan fingerprint density at radius 2 is 1.74 bits per heavy atom. The van der Waals surface area contributed by atoms with Crippen molar-refractivity contribution in [3.8, 4) is 11.5 Å². The average Bonchev–Trinajstić information content (AvgIpc) is 3.11. The van der Waals surface area contributed by atoms with E-state index in [1.807, 2.05) is 20.8 Å². The molecule has 1 aliphatic rings. The maximum Gasteiger partial charge on any atom is 0.300 e. The summed E-state index contributed by atoms with van der Waals surface area (Å²) in [6, 6.07) is 16.5. The number of anilines is 1. The SMILES string of the molecule is CCOc1cccc(C2/C(=C(\O)c3cc(C)c(OC)cc3C)C(=O)C(=O)N2c2ccc(Cl)cc2)c1. The van der Waals surface area contributed by atoms with Crippen LogP contribution in [0, 0.1) is 13.8 Å². The van der Waals surface area contributed by atoms with Gasteiger partial charge < -0.3 is 14.6 Å². The van der Waals surface area contributed by atoms with Crippen molar-refractivity contribution in [3.05, 3.63) is 93.5 Å². The fourth-order valence-electron chi connectivity index (χ4n) is 4.37. The Hall–Kier alpha value is -3.77. The highest BCUT2D eigenvalue weighted by Crippen LogP contribution is 2.43. The number of aliphatic hydroxyl groups is 1. The minimum atomic E-state index is -0.863. The van der Waals surface area contributed by atoms with Crippen molar-refractivity contribution in [2.75, 3.05) is 18.6 Å². The van der Waals surface area contributed by atoms with E-state index in [1.54, 1.807) is 67.8 Å². The van der Waals surface area contributed by atoms with Crippen LogP contribution in [0.1, 0.15) is 35.2 Å². The molecule has 0 bridgehead atoms. The number of benzene rings is 3. The van der Waals surface area contributed by atoms with Crippen LogP contribution in [0.25, 0.3) is 5.76 Å². The van der Waals surface area contributed by atoms with Gasteiger partial charge in [0.15, 0.2) is 0 Å². The molecule has 6 nitrogen and oxygen atoms in total. The molecule has 0 saturated carbocycles. The number of hydrogen-bond acceptors (Lipinski definition) is 5. The van der Waals surface area contributed by atoms with Crippen LogP contribution in [0.2, 0.25) is 5.02 Å². The first kappa shape index (κ1) is 24.4. The van der Waals surface area contributed by atoms with Gasteiger partial charge in [-0.05, 0) is 86.0 Å². The lowest BCUT2D eigenvalue weighted by Gasteiger charge is -2.26. The quantitative estimate of drug-likeness (QED) is 0.260. The molecule has 1 amide bonds. The molecule has 1 saturated heterocycles. The summed E-state index contributed by atoms with van der Waals surface area (Å²) in [5.74, 6) is -0.472. The van der Waals surface area contributed by atoms with Gasteiger partial charge in [-0.1, -0.05) is 23.7 Å². The van der Waals surface area contributed by atoms with Gasteiger partial charge in [0.1, 0.15) is 17.3 Å². The predicted octanol–water partition coefficient (Wildman–Crippen LogP) is 5.99. The Morgan fingerprint density at radius 1 is 1.03 bits per heavy atom. The lowest BCUT2D eigenvalue weighted by molar-refractivity contribution is -0.132. The molecule has 7 heteroatoms. The third-order valence-corrected chi connectivity index (χ3v) is 6.28. The van der Waals surface area contributed by atoms with Gasteiger partial charge in [-0.2, -0.15) is 0 Å². The second kappa shape index (κ2) is 9.84. The van der Waals surface area contributed by atoms with Crippen molar-refractivity contribution in [1.29, 1.82) is 0 Å². The molecule has 3 aromatic carbocycles. The number of aliphatic hydroxyl groups excluding tert-OH is 1. The highest BCUT2D eigenvalue weighted by Gasteiger charge is 2.47. The standard InChI is InChI=1S/C28H26ClNO5/c1-5-35-21-8-6-7-18(15-21)25-24(26(31)22-13-17(3)23(34-4)14-16(22)2)27(32)28(33)30(25)20-11-9-19(29)10-12-20/h6-15,25,31H,5H2,1-4H3/b26-24+. The summed E-state index contributed by atoms with van der Waals surface area (Å²) in [6.07, 6.45) is 0. The highest BCUT2D eigenvalue weighted by atomic mass is 35.5. The van der Waals surface area contributed by atoms with E-state index in [4.69, 9.17) is 21.1 Å². The molecule has 4 rings (SSSR count). The number of ether oxygens (including phenoxy) is 2. The van der Waals surface area contributed by atoms with Crippen LogP contribution in [0.3, 0.4) is 0 Å². The average molecular weight is 492 g/mol. The van der Waals surface area contributed by atoms with E-state index in [1.165, 1.54) is 4.90 Å². The van der Waals surface area contributed by atoms with Crippen LogP contribution in [0.5, 0.6) is 11.5 Å². The topological polar surface area (TPSA) is 76.1 Å². The summed E-state index contributed by atoms with van der Waals surface area (Å²) in [5, 5.41) is 12.0. The van der Waals surface area contributed by atoms with Gasteiger partial charge in [-0.25, -0.2) is 0 Å². The first-order valence-corrected chi connectivity index (χ1v) is 11.6. The Labute approximate surface area is 209 Å². The number of rotatable bonds is 6. The van der Waals surface area contributed by atoms with Gasteiger partial charge in [0.05, 0.1) is 25.3 Å². The molecule has 1 aliphatic heterocycles. The van der Waals surface area contributed by atoms with Crippen LogP contribution in [-0.4, -0.2) is 30.5 Å². The zero-order valence-electron chi connectivity index (χ0n) is 20.0. The van der Waals surface area contributed by atoms with Crippen molar-refractivity contribution in [2.24, 2.45) is 0 Å². The summed E-state index contributed by atoms with van der Waals surface area (Å²) >= 11 is 6.06. The second-order valence-electron chi connectivity index (χ2n) is 8.29. The molecular weight excluding hydrogens is 466 g/mol. The van der Waals surface area contributed by atoms with Gasteiger partial charge in [0.25, 0.3) is 11.7 Å². The normalized spacial score (nSPS) is 17.1. The van der Waals surface area contributed by atoms with Crippen molar-refractivity contribution in [1.82, 2.24) is 0 Å². The molecule has 0 aliphatic carbocycles. The predicted molar refractivity (Wildman–Crippen MR) is 136 cm³/mol. The number of methoxy groups -OCH3 is 1. The lowest BCUT2D eigenvalue weighted by Crippen LogP contribution is -2.29. The first-order valence-electron chi connectivity index (χ1n) is 11.2. The number of carbonyl (C=O) groups is 2. The van der Waals surface area contributed by atoms with E-state index in [2.05, 4.69) is 0 Å². The van der Waals surface area contributed by atoms with Crippen molar-refractivity contribution in [2.45, 2.75) is 26.8 Å². The van der Waals surface area contributed by atoms with Gasteiger partial charge >= 0.3 is 0 Å². The molecule has 1 fully saturated rings. The zero-order valence-corrected chi connectivity index (χ0v) is 20.7. The van der Waals surface area contributed by atoms with E-state index in [-0.39, 0.29) is 11.3 Å². The summed E-state index contributed by atoms with van der Waals surface area (Å²) < 4.78 is 11.0. The minimum absolute atomic E-state index is 0.00580. The summed E-state index contributed by atoms with van der Waals surface area (Å²) in [7, 11) is 1.57. The van der Waals surface area contributed by atoms with E-state index in [9.17, 15) is 14.7 Å². The molecule has 1 N–H and O–H groups in total. The van der Waals surface area contributed by atoms with Gasteiger partial charge in [-0.15, -0.1) is 0 Å². The zero-order chi connectivity index (χ0) is 25.3. The number of hydrogen-bond donors (Lipinski definition) is 1. The summed E-state index contributed by atoms with van der Waals surface area (Å²) in [6.45, 7) is 6.01. The summed E-state index contributed by atoms with van der Waals surface area (Å²) in [5.41, 5.74) is 3.10. The van der Waals surface area contributed by atoms with Crippen LogP contribution < -0.4 is 14.4 Å². The molecule has 0 aromatic heterocycles. The maximum absolute atomic E-state index is 13.4. The lowest BCUT2D eigenvalue weighted by atomic mass is 9.93. The molecule has 1 unspecified atom stereocenters. The number of ketones is 1. The third-order valence-electron chi connectivity index (χ3n) is 6.03.